The topological polar surface area (TPSA) is 38.8 Å². The Bertz CT molecular complexity index is 607. The molecule has 1 aromatic carbocycles. The van der Waals surface area contributed by atoms with Gasteiger partial charge in [-0.2, -0.15) is 0 Å². The van der Waals surface area contributed by atoms with E-state index in [-0.39, 0.29) is 12.1 Å². The van der Waals surface area contributed by atoms with Crippen molar-refractivity contribution in [3.05, 3.63) is 47.4 Å². The summed E-state index contributed by atoms with van der Waals surface area (Å²) in [6, 6.07) is 10.2. The van der Waals surface area contributed by atoms with Crippen molar-refractivity contribution in [1.29, 1.82) is 0 Å². The molecule has 1 aromatic rings. The lowest BCUT2D eigenvalue weighted by molar-refractivity contribution is 0.150. The van der Waals surface area contributed by atoms with Gasteiger partial charge in [0.05, 0.1) is 6.04 Å². The first-order chi connectivity index (χ1) is 11.8. The number of nitrogens with zero attached hydrogens (tertiary/aromatic N) is 1. The molecule has 0 unspecified atom stereocenters. The first-order valence-corrected chi connectivity index (χ1v) is 12.6. The average molecular weight is 362 g/mol. The van der Waals surface area contributed by atoms with Crippen LogP contribution in [0.5, 0.6) is 0 Å². The molecule has 1 atom stereocenters. The summed E-state index contributed by atoms with van der Waals surface area (Å²) in [7, 11) is -1.85. The Morgan fingerprint density at radius 1 is 1.28 bits per heavy atom. The lowest BCUT2D eigenvalue weighted by Crippen LogP contribution is -2.40. The highest BCUT2D eigenvalue weighted by Gasteiger charge is 2.38. The Morgan fingerprint density at radius 3 is 2.56 bits per heavy atom. The third-order valence-electron chi connectivity index (χ3n) is 4.17. The van der Waals surface area contributed by atoms with Gasteiger partial charge < -0.3 is 9.16 Å². The van der Waals surface area contributed by atoms with Crippen molar-refractivity contribution in [3.63, 3.8) is 0 Å². The van der Waals surface area contributed by atoms with Gasteiger partial charge in [0, 0.05) is 0 Å². The number of ether oxygens (including phenoxy) is 1. The van der Waals surface area contributed by atoms with Gasteiger partial charge in [0.1, 0.15) is 6.61 Å². The van der Waals surface area contributed by atoms with Gasteiger partial charge >= 0.3 is 6.09 Å². The second kappa shape index (κ2) is 8.56. The summed E-state index contributed by atoms with van der Waals surface area (Å²) in [6.07, 6.45) is 3.64. The van der Waals surface area contributed by atoms with Crippen LogP contribution in [0.25, 0.3) is 0 Å². The highest BCUT2D eigenvalue weighted by Crippen LogP contribution is 2.29. The molecule has 0 spiro atoms. The first kappa shape index (κ1) is 19.6. The minimum atomic E-state index is -1.85. The van der Waals surface area contributed by atoms with E-state index < -0.39 is 8.32 Å². The molecule has 1 aliphatic heterocycles. The van der Waals surface area contributed by atoms with Gasteiger partial charge in [-0.3, -0.25) is 0 Å². The summed E-state index contributed by atoms with van der Waals surface area (Å²) >= 11 is 0. The van der Waals surface area contributed by atoms with Crippen LogP contribution in [-0.2, 0) is 15.6 Å². The Morgan fingerprint density at radius 2 is 1.96 bits per heavy atom. The number of carbonyl (C=O) groups is 1. The van der Waals surface area contributed by atoms with Crippen molar-refractivity contribution < 1.29 is 14.0 Å². The van der Waals surface area contributed by atoms with Gasteiger partial charge in [0.2, 0.25) is 8.32 Å². The van der Waals surface area contributed by atoms with Crippen molar-refractivity contribution >= 4 is 14.4 Å². The number of unbranched alkanes of at least 4 members (excludes halogenated alkanes) is 1. The second-order valence-electron chi connectivity index (χ2n) is 7.69. The molecule has 1 heterocycles. The maximum absolute atomic E-state index is 12.5. The first-order valence-electron chi connectivity index (χ1n) is 9.20. The molecule has 1 fully saturated rings. The molecule has 138 valence electrons. The summed E-state index contributed by atoms with van der Waals surface area (Å²) in [5, 5.41) is 0. The highest BCUT2D eigenvalue weighted by molar-refractivity contribution is 6.70. The lowest BCUT2D eigenvalue weighted by atomic mass is 10.1. The van der Waals surface area contributed by atoms with E-state index in [4.69, 9.17) is 9.16 Å². The number of amides is 1. The number of allylic oxidation sites excluding steroid dienone is 1. The van der Waals surface area contributed by atoms with Gasteiger partial charge in [-0.15, -0.1) is 0 Å². The molecule has 0 aliphatic carbocycles. The van der Waals surface area contributed by atoms with E-state index in [0.29, 0.717) is 6.61 Å². The standard InChI is InChI=1S/C20H31NO3Si/c1-6-7-11-16(2)19(24-25(3,4)5)21-18(15-23-20(21)22)14-17-12-9-8-10-13-17/h8-10,12-13,18H,6-7,11,14-15H2,1-5H3/b19-16-/t18-/m0/s1. The highest BCUT2D eigenvalue weighted by atomic mass is 28.4. The largest absolute Gasteiger partial charge is 0.532 e. The van der Waals surface area contributed by atoms with E-state index in [1.54, 1.807) is 4.90 Å². The molecule has 4 nitrogen and oxygen atoms in total. The molecule has 0 bridgehead atoms. The van der Waals surface area contributed by atoms with E-state index in [0.717, 1.165) is 37.1 Å². The van der Waals surface area contributed by atoms with Crippen LogP contribution in [0.1, 0.15) is 38.7 Å². The molecule has 1 amide bonds. The van der Waals surface area contributed by atoms with Crippen LogP contribution in [0, 0.1) is 0 Å². The van der Waals surface area contributed by atoms with Crippen molar-refractivity contribution in [3.8, 4) is 0 Å². The molecule has 1 aliphatic rings. The quantitative estimate of drug-likeness (QED) is 0.464. The van der Waals surface area contributed by atoms with E-state index in [9.17, 15) is 4.79 Å². The molecule has 0 aromatic heterocycles. The minimum absolute atomic E-state index is 0.0159. The number of cyclic esters (lactones) is 1. The van der Waals surface area contributed by atoms with E-state index in [1.807, 2.05) is 18.2 Å². The zero-order valence-electron chi connectivity index (χ0n) is 16.2. The van der Waals surface area contributed by atoms with Crippen LogP contribution in [0.2, 0.25) is 19.6 Å². The van der Waals surface area contributed by atoms with E-state index >= 15 is 0 Å². The molecule has 1 saturated heterocycles. The fourth-order valence-electron chi connectivity index (χ4n) is 2.93. The number of rotatable bonds is 8. The number of hydrogen-bond donors (Lipinski definition) is 0. The monoisotopic (exact) mass is 361 g/mol. The fourth-order valence-corrected chi connectivity index (χ4v) is 3.78. The van der Waals surface area contributed by atoms with Crippen LogP contribution in [-0.4, -0.2) is 32.0 Å². The predicted octanol–water partition coefficient (Wildman–Crippen LogP) is 5.32. The summed E-state index contributed by atoms with van der Waals surface area (Å²) in [6.45, 7) is 11.1. The Kier molecular flexibility index (Phi) is 6.70. The Hall–Kier alpha value is -1.75. The van der Waals surface area contributed by atoms with Crippen LogP contribution in [0.4, 0.5) is 4.79 Å². The zero-order valence-corrected chi connectivity index (χ0v) is 17.2. The Balaban J connectivity index is 2.29. The molecule has 0 N–H and O–H groups in total. The molecular formula is C20H31NO3Si. The fraction of sp³-hybridized carbons (Fsp3) is 0.550. The predicted molar refractivity (Wildman–Crippen MR) is 104 cm³/mol. The molecule has 2 rings (SSSR count). The van der Waals surface area contributed by atoms with Gasteiger partial charge in [0.15, 0.2) is 5.88 Å². The molecule has 0 radical (unpaired) electrons. The molecule has 5 heteroatoms. The van der Waals surface area contributed by atoms with Crippen LogP contribution >= 0.6 is 0 Å². The summed E-state index contributed by atoms with van der Waals surface area (Å²) in [4.78, 5) is 14.2. The van der Waals surface area contributed by atoms with Crippen molar-refractivity contribution in [2.75, 3.05) is 6.61 Å². The van der Waals surface area contributed by atoms with Crippen molar-refractivity contribution in [1.82, 2.24) is 4.90 Å². The van der Waals surface area contributed by atoms with Crippen LogP contribution < -0.4 is 0 Å². The summed E-state index contributed by atoms with van der Waals surface area (Å²) in [5.74, 6) is 0.732. The minimum Gasteiger partial charge on any atom is -0.532 e. The normalized spacial score (nSPS) is 18.8. The van der Waals surface area contributed by atoms with Gasteiger partial charge in [-0.1, -0.05) is 43.7 Å². The zero-order chi connectivity index (χ0) is 18.4. The van der Waals surface area contributed by atoms with Crippen molar-refractivity contribution in [2.24, 2.45) is 0 Å². The van der Waals surface area contributed by atoms with E-state index in [2.05, 4.69) is 45.6 Å². The van der Waals surface area contributed by atoms with E-state index in [1.165, 1.54) is 5.56 Å². The smallest absolute Gasteiger partial charge is 0.417 e. The molecule has 0 saturated carbocycles. The van der Waals surface area contributed by atoms with Gasteiger partial charge in [-0.05, 0) is 57.0 Å². The van der Waals surface area contributed by atoms with Crippen LogP contribution in [0.3, 0.4) is 0 Å². The molecular weight excluding hydrogens is 330 g/mol. The second-order valence-corrected chi connectivity index (χ2v) is 12.1. The Labute approximate surface area is 152 Å². The lowest BCUT2D eigenvalue weighted by Gasteiger charge is -2.31. The average Bonchev–Trinajstić information content (AvgIpc) is 2.91. The summed E-state index contributed by atoms with van der Waals surface area (Å²) in [5.41, 5.74) is 2.34. The van der Waals surface area contributed by atoms with Crippen molar-refractivity contribution in [2.45, 2.75) is 65.2 Å². The number of benzene rings is 1. The third kappa shape index (κ3) is 5.63. The maximum atomic E-state index is 12.5. The third-order valence-corrected chi connectivity index (χ3v) is 4.97. The maximum Gasteiger partial charge on any atom is 0.417 e. The van der Waals surface area contributed by atoms with Crippen LogP contribution in [0.15, 0.2) is 41.8 Å². The molecule has 25 heavy (non-hydrogen) atoms. The summed E-state index contributed by atoms with van der Waals surface area (Å²) < 4.78 is 11.8. The SMILES string of the molecule is CCCC/C(C)=C(\O[Si](C)(C)C)N1C(=O)OC[C@@H]1Cc1ccccc1. The number of carbonyl (C=O) groups excluding carboxylic acids is 1. The number of hydrogen-bond acceptors (Lipinski definition) is 3. The van der Waals surface area contributed by atoms with Gasteiger partial charge in [-0.25, -0.2) is 9.69 Å². The van der Waals surface area contributed by atoms with Gasteiger partial charge in [0.25, 0.3) is 0 Å².